The number of benzene rings is 2. The van der Waals surface area contributed by atoms with Gasteiger partial charge in [-0.05, 0) is 62.2 Å². The molecule has 0 fully saturated rings. The summed E-state index contributed by atoms with van der Waals surface area (Å²) in [5.41, 5.74) is 3.50. The molecule has 1 amide bonds. The topological polar surface area (TPSA) is 55.4 Å². The van der Waals surface area contributed by atoms with Crippen LogP contribution < -0.4 is 10.1 Å². The van der Waals surface area contributed by atoms with Crippen molar-refractivity contribution < 1.29 is 14.3 Å². The first-order valence-corrected chi connectivity index (χ1v) is 7.06. The van der Waals surface area contributed by atoms with Crippen LogP contribution in [0.3, 0.4) is 0 Å². The van der Waals surface area contributed by atoms with Crippen LogP contribution in [0.1, 0.15) is 28.4 Å². The Morgan fingerprint density at radius 3 is 2.36 bits per heavy atom. The minimum absolute atomic E-state index is 0.000726. The SMILES string of the molecule is CC(=O)c1ccc(OCC(=O)Nc2cc(C)ccc2C)cc1. The van der Waals surface area contributed by atoms with Gasteiger partial charge in [-0.1, -0.05) is 12.1 Å². The average molecular weight is 297 g/mol. The molecule has 2 rings (SSSR count). The van der Waals surface area contributed by atoms with Crippen LogP contribution in [-0.4, -0.2) is 18.3 Å². The summed E-state index contributed by atoms with van der Waals surface area (Å²) in [7, 11) is 0. The first-order valence-electron chi connectivity index (χ1n) is 7.06. The van der Waals surface area contributed by atoms with Gasteiger partial charge in [0.25, 0.3) is 5.91 Å². The van der Waals surface area contributed by atoms with Crippen LogP contribution in [0, 0.1) is 13.8 Å². The second-order valence-electron chi connectivity index (χ2n) is 5.24. The van der Waals surface area contributed by atoms with Crippen LogP contribution in [0.2, 0.25) is 0 Å². The van der Waals surface area contributed by atoms with E-state index in [2.05, 4.69) is 5.32 Å². The molecule has 0 aliphatic heterocycles. The molecule has 4 nitrogen and oxygen atoms in total. The fourth-order valence-electron chi connectivity index (χ4n) is 1.99. The van der Waals surface area contributed by atoms with Crippen LogP contribution in [-0.2, 0) is 4.79 Å². The normalized spacial score (nSPS) is 10.1. The molecule has 0 spiro atoms. The van der Waals surface area contributed by atoms with Gasteiger partial charge in [-0.3, -0.25) is 9.59 Å². The Kier molecular flexibility index (Phi) is 4.94. The van der Waals surface area contributed by atoms with Crippen molar-refractivity contribution in [2.75, 3.05) is 11.9 Å². The molecule has 2 aromatic rings. The Balaban J connectivity index is 1.92. The molecule has 0 atom stereocenters. The summed E-state index contributed by atoms with van der Waals surface area (Å²) >= 11 is 0. The lowest BCUT2D eigenvalue weighted by atomic mass is 10.1. The molecular weight excluding hydrogens is 278 g/mol. The van der Waals surface area contributed by atoms with E-state index < -0.39 is 0 Å². The molecule has 0 saturated heterocycles. The third kappa shape index (κ3) is 4.19. The summed E-state index contributed by atoms with van der Waals surface area (Å²) in [5.74, 6) is 0.338. The van der Waals surface area contributed by atoms with Gasteiger partial charge in [0.15, 0.2) is 12.4 Å². The number of aryl methyl sites for hydroxylation is 2. The van der Waals surface area contributed by atoms with Crippen LogP contribution in [0.5, 0.6) is 5.75 Å². The van der Waals surface area contributed by atoms with Crippen molar-refractivity contribution in [1.82, 2.24) is 0 Å². The van der Waals surface area contributed by atoms with E-state index in [1.54, 1.807) is 24.3 Å². The van der Waals surface area contributed by atoms with E-state index in [-0.39, 0.29) is 18.3 Å². The highest BCUT2D eigenvalue weighted by Crippen LogP contribution is 2.17. The van der Waals surface area contributed by atoms with Crippen LogP contribution >= 0.6 is 0 Å². The van der Waals surface area contributed by atoms with Gasteiger partial charge in [0.1, 0.15) is 5.75 Å². The number of carbonyl (C=O) groups is 2. The summed E-state index contributed by atoms with van der Waals surface area (Å²) in [6, 6.07) is 12.6. The molecule has 1 N–H and O–H groups in total. The van der Waals surface area contributed by atoms with E-state index in [9.17, 15) is 9.59 Å². The van der Waals surface area contributed by atoms with E-state index >= 15 is 0 Å². The number of hydrogen-bond acceptors (Lipinski definition) is 3. The van der Waals surface area contributed by atoms with E-state index in [0.29, 0.717) is 11.3 Å². The molecule has 2 aromatic carbocycles. The summed E-state index contributed by atoms with van der Waals surface area (Å²) in [5, 5.41) is 2.83. The first kappa shape index (κ1) is 15.8. The summed E-state index contributed by atoms with van der Waals surface area (Å²) < 4.78 is 5.42. The molecule has 4 heteroatoms. The van der Waals surface area contributed by atoms with Gasteiger partial charge in [-0.15, -0.1) is 0 Å². The zero-order chi connectivity index (χ0) is 16.1. The highest BCUT2D eigenvalue weighted by Gasteiger charge is 2.06. The highest BCUT2D eigenvalue weighted by molar-refractivity contribution is 5.94. The number of nitrogens with one attached hydrogen (secondary N) is 1. The summed E-state index contributed by atoms with van der Waals surface area (Å²) in [4.78, 5) is 23.1. The zero-order valence-corrected chi connectivity index (χ0v) is 13.0. The molecule has 0 saturated carbocycles. The number of rotatable bonds is 5. The maximum Gasteiger partial charge on any atom is 0.262 e. The lowest BCUT2D eigenvalue weighted by Gasteiger charge is -2.10. The predicted octanol–water partition coefficient (Wildman–Crippen LogP) is 3.52. The second-order valence-corrected chi connectivity index (χ2v) is 5.24. The van der Waals surface area contributed by atoms with E-state index in [1.807, 2.05) is 32.0 Å². The first-order chi connectivity index (χ1) is 10.5. The smallest absolute Gasteiger partial charge is 0.262 e. The third-order valence-electron chi connectivity index (χ3n) is 3.30. The Morgan fingerprint density at radius 1 is 1.05 bits per heavy atom. The fourth-order valence-corrected chi connectivity index (χ4v) is 1.99. The quantitative estimate of drug-likeness (QED) is 0.859. The van der Waals surface area contributed by atoms with Crippen molar-refractivity contribution in [1.29, 1.82) is 0 Å². The van der Waals surface area contributed by atoms with Crippen LogP contribution in [0.25, 0.3) is 0 Å². The van der Waals surface area contributed by atoms with Crippen molar-refractivity contribution in [3.63, 3.8) is 0 Å². The third-order valence-corrected chi connectivity index (χ3v) is 3.30. The van der Waals surface area contributed by atoms with Gasteiger partial charge in [0.2, 0.25) is 0 Å². The number of hydrogen-bond donors (Lipinski definition) is 1. The predicted molar refractivity (Wildman–Crippen MR) is 86.5 cm³/mol. The molecule has 0 bridgehead atoms. The molecule has 0 aliphatic rings. The average Bonchev–Trinajstić information content (AvgIpc) is 2.49. The highest BCUT2D eigenvalue weighted by atomic mass is 16.5. The monoisotopic (exact) mass is 297 g/mol. The number of anilines is 1. The number of ether oxygens (including phenoxy) is 1. The number of Topliss-reactive ketones (excluding diaryl/α,β-unsaturated/α-hetero) is 1. The van der Waals surface area contributed by atoms with Gasteiger partial charge in [0, 0.05) is 11.3 Å². The number of amides is 1. The second kappa shape index (κ2) is 6.89. The van der Waals surface area contributed by atoms with E-state index in [4.69, 9.17) is 4.74 Å². The minimum Gasteiger partial charge on any atom is -0.484 e. The lowest BCUT2D eigenvalue weighted by molar-refractivity contribution is -0.118. The molecule has 22 heavy (non-hydrogen) atoms. The van der Waals surface area contributed by atoms with Gasteiger partial charge < -0.3 is 10.1 Å². The molecule has 0 unspecified atom stereocenters. The Labute approximate surface area is 130 Å². The van der Waals surface area contributed by atoms with Crippen molar-refractivity contribution in [2.24, 2.45) is 0 Å². The fraction of sp³-hybridized carbons (Fsp3) is 0.222. The van der Waals surface area contributed by atoms with Gasteiger partial charge >= 0.3 is 0 Å². The Bertz CT molecular complexity index is 690. The van der Waals surface area contributed by atoms with Gasteiger partial charge in [-0.25, -0.2) is 0 Å². The lowest BCUT2D eigenvalue weighted by Crippen LogP contribution is -2.20. The van der Waals surface area contributed by atoms with Crippen molar-refractivity contribution in [2.45, 2.75) is 20.8 Å². The molecule has 0 heterocycles. The molecule has 0 aromatic heterocycles. The standard InChI is InChI=1S/C18H19NO3/c1-12-4-5-13(2)17(10-12)19-18(21)11-22-16-8-6-15(7-9-16)14(3)20/h4-10H,11H2,1-3H3,(H,19,21). The Hall–Kier alpha value is -2.62. The minimum atomic E-state index is -0.218. The van der Waals surface area contributed by atoms with E-state index in [1.165, 1.54) is 6.92 Å². The van der Waals surface area contributed by atoms with Gasteiger partial charge in [-0.2, -0.15) is 0 Å². The molecule has 114 valence electrons. The number of carbonyl (C=O) groups excluding carboxylic acids is 2. The van der Waals surface area contributed by atoms with Crippen LogP contribution in [0.4, 0.5) is 5.69 Å². The molecule has 0 radical (unpaired) electrons. The molecular formula is C18H19NO3. The molecule has 0 aliphatic carbocycles. The van der Waals surface area contributed by atoms with Crippen LogP contribution in [0.15, 0.2) is 42.5 Å². The summed E-state index contributed by atoms with van der Waals surface area (Å²) in [6.45, 7) is 5.35. The Morgan fingerprint density at radius 2 is 1.73 bits per heavy atom. The van der Waals surface area contributed by atoms with Crippen molar-refractivity contribution in [3.8, 4) is 5.75 Å². The zero-order valence-electron chi connectivity index (χ0n) is 13.0. The van der Waals surface area contributed by atoms with E-state index in [0.717, 1.165) is 16.8 Å². The maximum atomic E-state index is 11.9. The maximum absolute atomic E-state index is 11.9. The van der Waals surface area contributed by atoms with Gasteiger partial charge in [0.05, 0.1) is 0 Å². The number of ketones is 1. The largest absolute Gasteiger partial charge is 0.484 e. The van der Waals surface area contributed by atoms with Crippen molar-refractivity contribution in [3.05, 3.63) is 59.2 Å². The summed E-state index contributed by atoms with van der Waals surface area (Å²) in [6.07, 6.45) is 0. The van der Waals surface area contributed by atoms with Crippen molar-refractivity contribution >= 4 is 17.4 Å².